The number of halogens is 1. The smallest absolute Gasteiger partial charge is 0.165 e. The van der Waals surface area contributed by atoms with Crippen molar-refractivity contribution in [2.45, 2.75) is 37.5 Å². The average Bonchev–Trinajstić information content (AvgIpc) is 2.46. The third-order valence-electron chi connectivity index (χ3n) is 3.83. The van der Waals surface area contributed by atoms with Crippen LogP contribution in [0.2, 0.25) is 5.02 Å². The van der Waals surface area contributed by atoms with Crippen molar-refractivity contribution in [3.63, 3.8) is 0 Å². The van der Waals surface area contributed by atoms with E-state index in [1.54, 1.807) is 17.8 Å². The number of thioether (sulfide) groups is 1. The number of hydrogen-bond acceptors (Lipinski definition) is 3. The maximum atomic E-state index is 12.2. The summed E-state index contributed by atoms with van der Waals surface area (Å²) in [6, 6.07) is 12.0. The first kappa shape index (κ1) is 15.6. The molecule has 3 rings (SSSR count). The Bertz CT molecular complexity index is 713. The second-order valence-electron chi connectivity index (χ2n) is 6.48. The molecule has 1 aromatic heterocycles. The molecular weight excluding hydrogens is 314 g/mol. The molecule has 2 aromatic rings. The van der Waals surface area contributed by atoms with Gasteiger partial charge in [0, 0.05) is 17.7 Å². The molecule has 0 aliphatic heterocycles. The number of ketones is 1. The van der Waals surface area contributed by atoms with E-state index in [1.165, 1.54) is 5.56 Å². The van der Waals surface area contributed by atoms with Gasteiger partial charge in [0.05, 0.1) is 10.7 Å². The lowest BCUT2D eigenvalue weighted by Crippen LogP contribution is -2.28. The van der Waals surface area contributed by atoms with Crippen molar-refractivity contribution in [1.82, 2.24) is 4.98 Å². The summed E-state index contributed by atoms with van der Waals surface area (Å²) < 4.78 is 0. The lowest BCUT2D eigenvalue weighted by Gasteiger charge is -2.29. The molecule has 1 aliphatic carbocycles. The molecule has 2 nitrogen and oxygen atoms in total. The minimum absolute atomic E-state index is 0.0215. The number of carbonyl (C=O) groups excluding carboxylic acids is 1. The lowest BCUT2D eigenvalue weighted by molar-refractivity contribution is 0.0910. The van der Waals surface area contributed by atoms with E-state index in [-0.39, 0.29) is 11.2 Å². The molecule has 0 fully saturated rings. The normalized spacial score (nSPS) is 16.4. The number of benzene rings is 1. The zero-order valence-corrected chi connectivity index (χ0v) is 14.3. The van der Waals surface area contributed by atoms with Crippen LogP contribution in [0.15, 0.2) is 41.4 Å². The van der Waals surface area contributed by atoms with Gasteiger partial charge in [-0.05, 0) is 23.5 Å². The van der Waals surface area contributed by atoms with Gasteiger partial charge in [0.15, 0.2) is 5.78 Å². The SMILES string of the molecule is CC1(C)CC(=O)c2cc(Cl)c(SCc3ccccc3)nc2C1. The summed E-state index contributed by atoms with van der Waals surface area (Å²) >= 11 is 7.95. The van der Waals surface area contributed by atoms with Gasteiger partial charge in [-0.2, -0.15) is 0 Å². The number of pyridine rings is 1. The van der Waals surface area contributed by atoms with Gasteiger partial charge in [0.2, 0.25) is 0 Å². The number of hydrogen-bond donors (Lipinski definition) is 0. The van der Waals surface area contributed by atoms with Crippen molar-refractivity contribution in [1.29, 1.82) is 0 Å². The van der Waals surface area contributed by atoms with E-state index in [4.69, 9.17) is 11.6 Å². The van der Waals surface area contributed by atoms with E-state index in [1.807, 2.05) is 18.2 Å². The summed E-state index contributed by atoms with van der Waals surface area (Å²) in [7, 11) is 0. The van der Waals surface area contributed by atoms with Gasteiger partial charge in [-0.25, -0.2) is 4.98 Å². The fraction of sp³-hybridized carbons (Fsp3) is 0.333. The van der Waals surface area contributed by atoms with Gasteiger partial charge in [-0.1, -0.05) is 55.8 Å². The van der Waals surface area contributed by atoms with Gasteiger partial charge < -0.3 is 0 Å². The third-order valence-corrected chi connectivity index (χ3v) is 5.29. The van der Waals surface area contributed by atoms with Crippen molar-refractivity contribution in [3.8, 4) is 0 Å². The summed E-state index contributed by atoms with van der Waals surface area (Å²) in [5.41, 5.74) is 2.81. The Morgan fingerprint density at radius 3 is 2.68 bits per heavy atom. The fourth-order valence-corrected chi connectivity index (χ4v) is 3.94. The number of fused-ring (bicyclic) bond motifs is 1. The molecular formula is C18H18ClNOS. The largest absolute Gasteiger partial charge is 0.294 e. The molecule has 114 valence electrons. The average molecular weight is 332 g/mol. The monoisotopic (exact) mass is 331 g/mol. The van der Waals surface area contributed by atoms with Crippen LogP contribution in [0.3, 0.4) is 0 Å². The predicted molar refractivity (Wildman–Crippen MR) is 91.7 cm³/mol. The number of carbonyl (C=O) groups is 1. The Morgan fingerprint density at radius 1 is 1.23 bits per heavy atom. The lowest BCUT2D eigenvalue weighted by atomic mass is 9.76. The first-order valence-corrected chi connectivity index (χ1v) is 8.70. The summed E-state index contributed by atoms with van der Waals surface area (Å²) in [6.07, 6.45) is 1.39. The highest BCUT2D eigenvalue weighted by Gasteiger charge is 2.32. The van der Waals surface area contributed by atoms with Crippen molar-refractivity contribution in [2.24, 2.45) is 5.41 Å². The van der Waals surface area contributed by atoms with Crippen molar-refractivity contribution >= 4 is 29.1 Å². The molecule has 0 amide bonds. The van der Waals surface area contributed by atoms with E-state index in [2.05, 4.69) is 31.0 Å². The van der Waals surface area contributed by atoms with E-state index in [0.717, 1.165) is 22.9 Å². The summed E-state index contributed by atoms with van der Waals surface area (Å²) in [5, 5.41) is 1.39. The Balaban J connectivity index is 1.86. The molecule has 0 unspecified atom stereocenters. The molecule has 1 aromatic carbocycles. The molecule has 22 heavy (non-hydrogen) atoms. The molecule has 0 bridgehead atoms. The van der Waals surface area contributed by atoms with Crippen LogP contribution in [0.25, 0.3) is 0 Å². The Hall–Kier alpha value is -1.32. The van der Waals surface area contributed by atoms with Gasteiger partial charge in [-0.15, -0.1) is 11.8 Å². The second-order valence-corrected chi connectivity index (χ2v) is 7.86. The van der Waals surface area contributed by atoms with Crippen LogP contribution in [0.5, 0.6) is 0 Å². The number of rotatable bonds is 3. The fourth-order valence-electron chi connectivity index (χ4n) is 2.76. The third kappa shape index (κ3) is 3.36. The first-order chi connectivity index (χ1) is 10.4. The summed E-state index contributed by atoms with van der Waals surface area (Å²) in [5.74, 6) is 0.976. The molecule has 0 radical (unpaired) electrons. The van der Waals surface area contributed by atoms with Gasteiger partial charge in [-0.3, -0.25) is 4.79 Å². The van der Waals surface area contributed by atoms with E-state index in [9.17, 15) is 4.79 Å². The molecule has 0 N–H and O–H groups in total. The highest BCUT2D eigenvalue weighted by atomic mass is 35.5. The maximum absolute atomic E-state index is 12.2. The van der Waals surface area contributed by atoms with E-state index >= 15 is 0 Å². The van der Waals surface area contributed by atoms with Crippen molar-refractivity contribution in [2.75, 3.05) is 0 Å². The van der Waals surface area contributed by atoms with Crippen LogP contribution in [-0.4, -0.2) is 10.8 Å². The van der Waals surface area contributed by atoms with Crippen LogP contribution in [0.4, 0.5) is 0 Å². The summed E-state index contributed by atoms with van der Waals surface area (Å²) in [4.78, 5) is 16.9. The van der Waals surface area contributed by atoms with Crippen LogP contribution < -0.4 is 0 Å². The minimum Gasteiger partial charge on any atom is -0.294 e. The Kier molecular flexibility index (Phi) is 4.28. The van der Waals surface area contributed by atoms with E-state index in [0.29, 0.717) is 17.0 Å². The molecule has 0 saturated heterocycles. The van der Waals surface area contributed by atoms with Crippen LogP contribution in [0.1, 0.15) is 41.9 Å². The van der Waals surface area contributed by atoms with Gasteiger partial charge >= 0.3 is 0 Å². The zero-order valence-electron chi connectivity index (χ0n) is 12.7. The summed E-state index contributed by atoms with van der Waals surface area (Å²) in [6.45, 7) is 4.22. The standard InChI is InChI=1S/C18H18ClNOS/c1-18(2)9-15-13(16(21)10-18)8-14(19)17(20-15)22-11-12-6-4-3-5-7-12/h3-8H,9-11H2,1-2H3. The van der Waals surface area contributed by atoms with Crippen LogP contribution >= 0.6 is 23.4 Å². The maximum Gasteiger partial charge on any atom is 0.165 e. The van der Waals surface area contributed by atoms with Crippen LogP contribution in [-0.2, 0) is 12.2 Å². The minimum atomic E-state index is -0.0215. The topological polar surface area (TPSA) is 30.0 Å². The highest BCUT2D eigenvalue weighted by Crippen LogP contribution is 2.37. The zero-order chi connectivity index (χ0) is 15.7. The second kappa shape index (κ2) is 6.05. The number of Topliss-reactive ketones (excluding diaryl/α,β-unsaturated/α-hetero) is 1. The molecule has 1 aliphatic rings. The van der Waals surface area contributed by atoms with E-state index < -0.39 is 0 Å². The van der Waals surface area contributed by atoms with Crippen molar-refractivity contribution < 1.29 is 4.79 Å². The van der Waals surface area contributed by atoms with Crippen molar-refractivity contribution in [3.05, 3.63) is 58.2 Å². The Labute approximate surface area is 140 Å². The number of nitrogens with zero attached hydrogens (tertiary/aromatic N) is 1. The Morgan fingerprint density at radius 2 is 1.95 bits per heavy atom. The molecule has 0 atom stereocenters. The van der Waals surface area contributed by atoms with Crippen LogP contribution in [0, 0.1) is 5.41 Å². The molecule has 0 spiro atoms. The highest BCUT2D eigenvalue weighted by molar-refractivity contribution is 7.98. The number of aromatic nitrogens is 1. The predicted octanol–water partition coefficient (Wildman–Crippen LogP) is 5.18. The van der Waals surface area contributed by atoms with Gasteiger partial charge in [0.1, 0.15) is 5.03 Å². The molecule has 1 heterocycles. The molecule has 4 heteroatoms. The van der Waals surface area contributed by atoms with Gasteiger partial charge in [0.25, 0.3) is 0 Å². The molecule has 0 saturated carbocycles. The quantitative estimate of drug-likeness (QED) is 0.726. The first-order valence-electron chi connectivity index (χ1n) is 7.34.